The van der Waals surface area contributed by atoms with E-state index < -0.39 is 37.3 Å². The number of carbonyl (C=O) groups excluding carboxylic acids is 1. The SMILES string of the molecule is CC(C)N1C(=O)C(=NCCOc2ccccc2OS(C)(=O)=O)C(c2ccccc2)S1(=O)=O. The Kier molecular flexibility index (Phi) is 6.89. The average Bonchev–Trinajstić information content (AvgIpc) is 2.90. The molecule has 0 aromatic heterocycles. The van der Waals surface area contributed by atoms with Gasteiger partial charge in [0, 0.05) is 6.04 Å². The largest absolute Gasteiger partial charge is 0.488 e. The molecule has 0 saturated carbocycles. The molecule has 2 aromatic carbocycles. The van der Waals surface area contributed by atoms with Crippen molar-refractivity contribution >= 4 is 31.8 Å². The van der Waals surface area contributed by atoms with Gasteiger partial charge in [-0.05, 0) is 31.5 Å². The van der Waals surface area contributed by atoms with Crippen LogP contribution in [0.25, 0.3) is 0 Å². The molecule has 1 aliphatic rings. The molecule has 1 fully saturated rings. The Labute approximate surface area is 187 Å². The number of hydrogen-bond acceptors (Lipinski definition) is 8. The number of carbonyl (C=O) groups is 1. The zero-order valence-electron chi connectivity index (χ0n) is 17.8. The third kappa shape index (κ3) is 5.10. The van der Waals surface area contributed by atoms with Crippen molar-refractivity contribution in [2.75, 3.05) is 19.4 Å². The summed E-state index contributed by atoms with van der Waals surface area (Å²) < 4.78 is 60.4. The van der Waals surface area contributed by atoms with Crippen LogP contribution in [-0.4, -0.2) is 58.2 Å². The molecular weight excluding hydrogens is 456 g/mol. The Morgan fingerprint density at radius 1 is 1.03 bits per heavy atom. The molecule has 0 N–H and O–H groups in total. The normalized spacial score (nSPS) is 19.5. The molecule has 3 rings (SSSR count). The fourth-order valence-electron chi connectivity index (χ4n) is 3.35. The number of sulfonamides is 1. The second-order valence-electron chi connectivity index (χ2n) is 7.38. The van der Waals surface area contributed by atoms with E-state index in [1.54, 1.807) is 56.3 Å². The molecule has 0 radical (unpaired) electrons. The number of amides is 1. The first-order chi connectivity index (χ1) is 15.0. The highest BCUT2D eigenvalue weighted by Gasteiger charge is 2.51. The maximum absolute atomic E-state index is 13.1. The van der Waals surface area contributed by atoms with E-state index in [4.69, 9.17) is 8.92 Å². The van der Waals surface area contributed by atoms with Gasteiger partial charge in [0.25, 0.3) is 15.9 Å². The zero-order chi connectivity index (χ0) is 23.5. The maximum atomic E-state index is 13.1. The van der Waals surface area contributed by atoms with Gasteiger partial charge in [-0.15, -0.1) is 0 Å². The minimum Gasteiger partial charge on any atom is -0.488 e. The van der Waals surface area contributed by atoms with E-state index in [0.29, 0.717) is 5.56 Å². The topological polar surface area (TPSA) is 119 Å². The van der Waals surface area contributed by atoms with Crippen LogP contribution in [0.1, 0.15) is 24.7 Å². The molecule has 1 unspecified atom stereocenters. The average molecular weight is 481 g/mol. The number of para-hydroxylation sites is 2. The Morgan fingerprint density at radius 2 is 1.62 bits per heavy atom. The number of ether oxygens (including phenoxy) is 1. The molecule has 1 amide bonds. The molecule has 0 aliphatic carbocycles. The van der Waals surface area contributed by atoms with Crippen molar-refractivity contribution < 1.29 is 30.6 Å². The fraction of sp³-hybridized carbons (Fsp3) is 0.333. The van der Waals surface area contributed by atoms with E-state index in [-0.39, 0.29) is 30.4 Å². The lowest BCUT2D eigenvalue weighted by molar-refractivity contribution is -0.120. The number of aliphatic imine (C=N–C) groups is 1. The van der Waals surface area contributed by atoms with Gasteiger partial charge >= 0.3 is 10.1 Å². The lowest BCUT2D eigenvalue weighted by Gasteiger charge is -2.19. The molecule has 11 heteroatoms. The number of hydrogen-bond donors (Lipinski definition) is 0. The van der Waals surface area contributed by atoms with Crippen molar-refractivity contribution in [1.82, 2.24) is 4.31 Å². The predicted octanol–water partition coefficient (Wildman–Crippen LogP) is 2.17. The van der Waals surface area contributed by atoms with Crippen molar-refractivity contribution in [3.8, 4) is 11.5 Å². The Morgan fingerprint density at radius 3 is 2.22 bits per heavy atom. The van der Waals surface area contributed by atoms with E-state index in [1.165, 1.54) is 12.1 Å². The monoisotopic (exact) mass is 480 g/mol. The molecule has 1 heterocycles. The van der Waals surface area contributed by atoms with Gasteiger partial charge in [0.15, 0.2) is 16.7 Å². The van der Waals surface area contributed by atoms with Crippen LogP contribution >= 0.6 is 0 Å². The molecule has 0 spiro atoms. The van der Waals surface area contributed by atoms with Crippen LogP contribution in [0, 0.1) is 0 Å². The highest BCUT2D eigenvalue weighted by molar-refractivity contribution is 7.91. The van der Waals surface area contributed by atoms with Crippen LogP contribution in [0.15, 0.2) is 59.6 Å². The standard InChI is InChI=1S/C21H24N2O7S2/c1-15(2)23-21(24)19(20(32(23,27)28)16-9-5-4-6-10-16)22-13-14-29-17-11-7-8-12-18(17)30-31(3,25)26/h4-12,15,20H,13-14H2,1-3H3. The smallest absolute Gasteiger partial charge is 0.306 e. The molecule has 32 heavy (non-hydrogen) atoms. The van der Waals surface area contributed by atoms with Gasteiger partial charge in [0.2, 0.25) is 0 Å². The highest BCUT2D eigenvalue weighted by Crippen LogP contribution is 2.36. The third-order valence-corrected chi connectivity index (χ3v) is 7.24. The van der Waals surface area contributed by atoms with Gasteiger partial charge in [0.05, 0.1) is 12.8 Å². The summed E-state index contributed by atoms with van der Waals surface area (Å²) in [6.45, 7) is 3.22. The van der Waals surface area contributed by atoms with Crippen molar-refractivity contribution in [1.29, 1.82) is 0 Å². The Balaban J connectivity index is 1.83. The van der Waals surface area contributed by atoms with Crippen molar-refractivity contribution in [2.45, 2.75) is 25.1 Å². The molecule has 0 bridgehead atoms. The van der Waals surface area contributed by atoms with Crippen molar-refractivity contribution in [3.05, 3.63) is 60.2 Å². The van der Waals surface area contributed by atoms with Crippen LogP contribution in [0.3, 0.4) is 0 Å². The second-order valence-corrected chi connectivity index (χ2v) is 10.8. The van der Waals surface area contributed by atoms with Crippen LogP contribution in [0.5, 0.6) is 11.5 Å². The van der Waals surface area contributed by atoms with Gasteiger partial charge < -0.3 is 8.92 Å². The molecule has 1 aliphatic heterocycles. The number of benzene rings is 2. The number of nitrogens with zero attached hydrogens (tertiary/aromatic N) is 2. The van der Waals surface area contributed by atoms with Crippen LogP contribution < -0.4 is 8.92 Å². The molecule has 2 aromatic rings. The predicted molar refractivity (Wildman–Crippen MR) is 120 cm³/mol. The molecule has 172 valence electrons. The van der Waals surface area contributed by atoms with E-state index in [9.17, 15) is 21.6 Å². The van der Waals surface area contributed by atoms with Gasteiger partial charge in [-0.2, -0.15) is 8.42 Å². The van der Waals surface area contributed by atoms with Gasteiger partial charge in [0.1, 0.15) is 12.3 Å². The lowest BCUT2D eigenvalue weighted by atomic mass is 10.1. The van der Waals surface area contributed by atoms with Crippen LogP contribution in [-0.2, 0) is 24.9 Å². The molecule has 1 saturated heterocycles. The molecule has 9 nitrogen and oxygen atoms in total. The Bertz CT molecular complexity index is 1220. The van der Waals surface area contributed by atoms with Gasteiger partial charge in [-0.1, -0.05) is 42.5 Å². The molecular formula is C21H24N2O7S2. The van der Waals surface area contributed by atoms with Crippen LogP contribution in [0.2, 0.25) is 0 Å². The summed E-state index contributed by atoms with van der Waals surface area (Å²) in [6.07, 6.45) is 0.923. The van der Waals surface area contributed by atoms with Gasteiger partial charge in [-0.25, -0.2) is 12.7 Å². The maximum Gasteiger partial charge on any atom is 0.306 e. The summed E-state index contributed by atoms with van der Waals surface area (Å²) in [5, 5.41) is -1.19. The fourth-order valence-corrected chi connectivity index (χ4v) is 5.92. The summed E-state index contributed by atoms with van der Waals surface area (Å²) in [7, 11) is -7.71. The van der Waals surface area contributed by atoms with Crippen LogP contribution in [0.4, 0.5) is 0 Å². The summed E-state index contributed by atoms with van der Waals surface area (Å²) in [5.74, 6) is -0.447. The second kappa shape index (κ2) is 9.29. The summed E-state index contributed by atoms with van der Waals surface area (Å²) in [6, 6.07) is 14.1. The summed E-state index contributed by atoms with van der Waals surface area (Å²) in [5.41, 5.74) is 0.379. The minimum atomic E-state index is -3.97. The highest BCUT2D eigenvalue weighted by atomic mass is 32.2. The zero-order valence-corrected chi connectivity index (χ0v) is 19.5. The lowest BCUT2D eigenvalue weighted by Crippen LogP contribution is -2.37. The first-order valence-corrected chi connectivity index (χ1v) is 13.1. The third-order valence-electron chi connectivity index (χ3n) is 4.53. The van der Waals surface area contributed by atoms with E-state index in [1.807, 2.05) is 0 Å². The van der Waals surface area contributed by atoms with E-state index in [2.05, 4.69) is 4.99 Å². The van der Waals surface area contributed by atoms with Gasteiger partial charge in [-0.3, -0.25) is 9.79 Å². The molecule has 1 atom stereocenters. The van der Waals surface area contributed by atoms with Crippen molar-refractivity contribution in [3.63, 3.8) is 0 Å². The first-order valence-electron chi connectivity index (χ1n) is 9.80. The van der Waals surface area contributed by atoms with E-state index in [0.717, 1.165) is 10.6 Å². The minimum absolute atomic E-state index is 0.0148. The number of rotatable bonds is 8. The van der Waals surface area contributed by atoms with Crippen molar-refractivity contribution in [2.24, 2.45) is 4.99 Å². The van der Waals surface area contributed by atoms with E-state index >= 15 is 0 Å². The Hall–Kier alpha value is -2.92. The quantitative estimate of drug-likeness (QED) is 0.419. The summed E-state index contributed by atoms with van der Waals surface area (Å²) in [4.78, 5) is 17.2. The summed E-state index contributed by atoms with van der Waals surface area (Å²) >= 11 is 0. The first kappa shape index (κ1) is 23.7.